The lowest BCUT2D eigenvalue weighted by atomic mass is 10.1. The van der Waals surface area contributed by atoms with E-state index in [1.165, 1.54) is 0 Å². The third-order valence-corrected chi connectivity index (χ3v) is 3.90. The van der Waals surface area contributed by atoms with Gasteiger partial charge in [0.1, 0.15) is 10.6 Å². The highest BCUT2D eigenvalue weighted by Gasteiger charge is 2.18. The van der Waals surface area contributed by atoms with Gasteiger partial charge >= 0.3 is 0 Å². The van der Waals surface area contributed by atoms with Gasteiger partial charge in [-0.15, -0.1) is 11.3 Å². The average molecular weight is 292 g/mol. The van der Waals surface area contributed by atoms with Crippen LogP contribution in [0.15, 0.2) is 11.4 Å². The van der Waals surface area contributed by atoms with Gasteiger partial charge in [0.15, 0.2) is 0 Å². The van der Waals surface area contributed by atoms with Crippen LogP contribution in [0.3, 0.4) is 0 Å². The zero-order chi connectivity index (χ0) is 14.7. The fourth-order valence-electron chi connectivity index (χ4n) is 2.23. The monoisotopic (exact) mass is 292 g/mol. The number of aromatic nitrogens is 2. The van der Waals surface area contributed by atoms with E-state index in [0.29, 0.717) is 12.0 Å². The highest BCUT2D eigenvalue weighted by atomic mass is 32.1. The van der Waals surface area contributed by atoms with Crippen molar-refractivity contribution in [3.05, 3.63) is 11.4 Å². The molecule has 2 rings (SSSR count). The quantitative estimate of drug-likeness (QED) is 0.874. The van der Waals surface area contributed by atoms with E-state index in [1.54, 1.807) is 11.3 Å². The molecule has 0 radical (unpaired) electrons. The molecule has 0 unspecified atom stereocenters. The topological polar surface area (TPSA) is 41.1 Å². The van der Waals surface area contributed by atoms with Crippen molar-refractivity contribution in [1.29, 1.82) is 0 Å². The van der Waals surface area contributed by atoms with E-state index < -0.39 is 0 Å². The number of anilines is 2. The molecule has 1 N–H and O–H groups in total. The minimum atomic E-state index is 0.421. The molecule has 4 nitrogen and oxygen atoms in total. The Morgan fingerprint density at radius 2 is 2.00 bits per heavy atom. The molecule has 0 aliphatic heterocycles. The summed E-state index contributed by atoms with van der Waals surface area (Å²) in [7, 11) is 0. The molecule has 0 atom stereocenters. The Kier molecular flexibility index (Phi) is 4.81. The first-order chi connectivity index (χ1) is 9.52. The van der Waals surface area contributed by atoms with Crippen molar-refractivity contribution in [2.24, 2.45) is 5.92 Å². The first kappa shape index (κ1) is 15.0. The van der Waals surface area contributed by atoms with Crippen LogP contribution in [0.1, 0.15) is 34.6 Å². The van der Waals surface area contributed by atoms with Crippen LogP contribution in [0.25, 0.3) is 10.2 Å². The minimum Gasteiger partial charge on any atom is -0.354 e. The predicted octanol–water partition coefficient (Wildman–Crippen LogP) is 3.99. The molecule has 2 aromatic heterocycles. The van der Waals surface area contributed by atoms with Crippen LogP contribution < -0.4 is 10.2 Å². The zero-order valence-corrected chi connectivity index (χ0v) is 13.8. The van der Waals surface area contributed by atoms with Crippen LogP contribution in [0, 0.1) is 5.92 Å². The molecular weight excluding hydrogens is 268 g/mol. The fraction of sp³-hybridized carbons (Fsp3) is 0.600. The van der Waals surface area contributed by atoms with Crippen LogP contribution in [0.5, 0.6) is 0 Å². The SMILES string of the molecule is CCNc1nc(N(CC(C)C)C(C)C)c2ccsc2n1. The summed E-state index contributed by atoms with van der Waals surface area (Å²) in [5.41, 5.74) is 0. The number of fused-ring (bicyclic) bond motifs is 1. The molecule has 2 heterocycles. The van der Waals surface area contributed by atoms with Gasteiger partial charge < -0.3 is 10.2 Å². The normalized spacial score (nSPS) is 11.6. The Hall–Kier alpha value is -1.36. The Morgan fingerprint density at radius 3 is 2.60 bits per heavy atom. The lowest BCUT2D eigenvalue weighted by Gasteiger charge is -2.30. The van der Waals surface area contributed by atoms with Crippen molar-refractivity contribution < 1.29 is 0 Å². The molecule has 0 bridgehead atoms. The lowest BCUT2D eigenvalue weighted by Crippen LogP contribution is -2.35. The first-order valence-electron chi connectivity index (χ1n) is 7.28. The highest BCUT2D eigenvalue weighted by Crippen LogP contribution is 2.30. The standard InChI is InChI=1S/C15H24N4S/c1-6-16-15-17-13(12-7-8-20-14(12)18-15)19(11(4)5)9-10(2)3/h7-8,10-11H,6,9H2,1-5H3,(H,16,17,18). The molecule has 2 aromatic rings. The van der Waals surface area contributed by atoms with Gasteiger partial charge in [-0.05, 0) is 38.1 Å². The Balaban J connectivity index is 2.50. The molecule has 0 amide bonds. The van der Waals surface area contributed by atoms with Crippen molar-refractivity contribution in [2.45, 2.75) is 40.7 Å². The van der Waals surface area contributed by atoms with Gasteiger partial charge in [-0.2, -0.15) is 4.98 Å². The fourth-order valence-corrected chi connectivity index (χ4v) is 2.99. The maximum atomic E-state index is 4.75. The summed E-state index contributed by atoms with van der Waals surface area (Å²) in [5.74, 6) is 2.38. The molecule has 0 saturated carbocycles. The van der Waals surface area contributed by atoms with Crippen molar-refractivity contribution in [3.63, 3.8) is 0 Å². The summed E-state index contributed by atoms with van der Waals surface area (Å²) in [4.78, 5) is 12.8. The van der Waals surface area contributed by atoms with Crippen LogP contribution in [-0.4, -0.2) is 29.1 Å². The molecular formula is C15H24N4S. The molecule has 0 aromatic carbocycles. The first-order valence-corrected chi connectivity index (χ1v) is 8.16. The third kappa shape index (κ3) is 3.20. The molecule has 0 aliphatic rings. The highest BCUT2D eigenvalue weighted by molar-refractivity contribution is 7.16. The summed E-state index contributed by atoms with van der Waals surface area (Å²) in [6, 6.07) is 2.55. The number of hydrogen-bond acceptors (Lipinski definition) is 5. The van der Waals surface area contributed by atoms with Crippen LogP contribution in [0.2, 0.25) is 0 Å². The van der Waals surface area contributed by atoms with Crippen molar-refractivity contribution >= 4 is 33.3 Å². The zero-order valence-electron chi connectivity index (χ0n) is 13.0. The maximum absolute atomic E-state index is 4.75. The third-order valence-electron chi connectivity index (χ3n) is 3.10. The van der Waals surface area contributed by atoms with Crippen LogP contribution >= 0.6 is 11.3 Å². The molecule has 0 fully saturated rings. The van der Waals surface area contributed by atoms with E-state index in [-0.39, 0.29) is 0 Å². The second-order valence-electron chi connectivity index (χ2n) is 5.68. The lowest BCUT2D eigenvalue weighted by molar-refractivity contribution is 0.567. The van der Waals surface area contributed by atoms with Gasteiger partial charge in [0.05, 0.1) is 5.39 Å². The number of nitrogens with zero attached hydrogens (tertiary/aromatic N) is 3. The van der Waals surface area contributed by atoms with Gasteiger partial charge in [0.25, 0.3) is 0 Å². The van der Waals surface area contributed by atoms with Crippen LogP contribution in [-0.2, 0) is 0 Å². The molecule has 0 aliphatic carbocycles. The molecule has 0 saturated heterocycles. The Bertz CT molecular complexity index is 562. The van der Waals surface area contributed by atoms with Gasteiger partial charge in [0.2, 0.25) is 5.95 Å². The second kappa shape index (κ2) is 6.39. The molecule has 5 heteroatoms. The molecule has 0 spiro atoms. The molecule has 110 valence electrons. The van der Waals surface area contributed by atoms with Crippen molar-refractivity contribution in [3.8, 4) is 0 Å². The predicted molar refractivity (Wildman–Crippen MR) is 88.9 cm³/mol. The molecule has 20 heavy (non-hydrogen) atoms. The summed E-state index contributed by atoms with van der Waals surface area (Å²) in [6.07, 6.45) is 0. The van der Waals surface area contributed by atoms with E-state index in [2.05, 4.69) is 61.3 Å². The van der Waals surface area contributed by atoms with Gasteiger partial charge in [-0.25, -0.2) is 4.98 Å². The Labute approximate surface area is 125 Å². The van der Waals surface area contributed by atoms with Gasteiger partial charge in [0, 0.05) is 19.1 Å². The van der Waals surface area contributed by atoms with E-state index in [1.807, 2.05) is 0 Å². The van der Waals surface area contributed by atoms with Gasteiger partial charge in [-0.3, -0.25) is 0 Å². The minimum absolute atomic E-state index is 0.421. The number of nitrogens with one attached hydrogen (secondary N) is 1. The summed E-state index contributed by atoms with van der Waals surface area (Å²) < 4.78 is 0. The summed E-state index contributed by atoms with van der Waals surface area (Å²) in [5, 5.41) is 6.48. The Morgan fingerprint density at radius 1 is 1.25 bits per heavy atom. The average Bonchev–Trinajstić information content (AvgIpc) is 2.83. The van der Waals surface area contributed by atoms with Crippen molar-refractivity contribution in [2.75, 3.05) is 23.3 Å². The van der Waals surface area contributed by atoms with Gasteiger partial charge in [-0.1, -0.05) is 13.8 Å². The van der Waals surface area contributed by atoms with Crippen LogP contribution in [0.4, 0.5) is 11.8 Å². The van der Waals surface area contributed by atoms with E-state index >= 15 is 0 Å². The smallest absolute Gasteiger partial charge is 0.226 e. The number of rotatable bonds is 6. The van der Waals surface area contributed by atoms with E-state index in [4.69, 9.17) is 4.98 Å². The number of thiophene rings is 1. The van der Waals surface area contributed by atoms with Crippen molar-refractivity contribution in [1.82, 2.24) is 9.97 Å². The number of hydrogen-bond donors (Lipinski definition) is 1. The summed E-state index contributed by atoms with van der Waals surface area (Å²) >= 11 is 1.67. The van der Waals surface area contributed by atoms with E-state index in [0.717, 1.165) is 35.1 Å². The van der Waals surface area contributed by atoms with E-state index in [9.17, 15) is 0 Å². The second-order valence-corrected chi connectivity index (χ2v) is 6.58. The largest absolute Gasteiger partial charge is 0.354 e. The summed E-state index contributed by atoms with van der Waals surface area (Å²) in [6.45, 7) is 12.8. The maximum Gasteiger partial charge on any atom is 0.226 e.